The maximum Gasteiger partial charge on any atom is 0.113 e. The van der Waals surface area contributed by atoms with Crippen molar-refractivity contribution in [3.63, 3.8) is 0 Å². The molecule has 2 saturated heterocycles. The molecule has 0 amide bonds. The molecular weight excluding hydrogens is 532 g/mol. The van der Waals surface area contributed by atoms with E-state index in [2.05, 4.69) is 114 Å². The van der Waals surface area contributed by atoms with Gasteiger partial charge in [-0.25, -0.2) is 0 Å². The van der Waals surface area contributed by atoms with Crippen molar-refractivity contribution in [2.24, 2.45) is 5.92 Å². The van der Waals surface area contributed by atoms with Gasteiger partial charge in [0.15, 0.2) is 0 Å². The van der Waals surface area contributed by atoms with Crippen LogP contribution in [0.2, 0.25) is 0 Å². The molecule has 0 bridgehead atoms. The zero-order valence-electron chi connectivity index (χ0n) is 25.3. The van der Waals surface area contributed by atoms with E-state index in [0.717, 1.165) is 38.3 Å². The summed E-state index contributed by atoms with van der Waals surface area (Å²) in [6.07, 6.45) is 0.819. The molecular formula is C38H44N2O3. The molecule has 4 aromatic rings. The van der Waals surface area contributed by atoms with Gasteiger partial charge in [0, 0.05) is 38.4 Å². The number of anilines is 1. The van der Waals surface area contributed by atoms with Crippen LogP contribution < -0.4 is 4.90 Å². The molecule has 43 heavy (non-hydrogen) atoms. The first-order valence-corrected chi connectivity index (χ1v) is 15.7. The third-order valence-corrected chi connectivity index (χ3v) is 8.77. The second kappa shape index (κ2) is 14.8. The molecule has 2 aliphatic rings. The Kier molecular flexibility index (Phi) is 10.2. The molecule has 5 heteroatoms. The van der Waals surface area contributed by atoms with Gasteiger partial charge >= 0.3 is 0 Å². The molecule has 2 unspecified atom stereocenters. The first-order valence-electron chi connectivity index (χ1n) is 15.7. The molecule has 0 aromatic heterocycles. The summed E-state index contributed by atoms with van der Waals surface area (Å²) in [7, 11) is 0. The fraction of sp³-hybridized carbons (Fsp3) is 0.368. The fourth-order valence-electron chi connectivity index (χ4n) is 6.50. The minimum absolute atomic E-state index is 0.104. The molecule has 4 aromatic carbocycles. The Morgan fingerprint density at radius 2 is 1.07 bits per heavy atom. The van der Waals surface area contributed by atoms with Crippen LogP contribution in [0.1, 0.15) is 28.7 Å². The van der Waals surface area contributed by atoms with Gasteiger partial charge in [-0.15, -0.1) is 0 Å². The van der Waals surface area contributed by atoms with E-state index in [1.54, 1.807) is 0 Å². The van der Waals surface area contributed by atoms with Crippen LogP contribution in [0.4, 0.5) is 5.69 Å². The number of para-hydroxylation sites is 1. The summed E-state index contributed by atoms with van der Waals surface area (Å²) in [4.78, 5) is 5.13. The van der Waals surface area contributed by atoms with Gasteiger partial charge in [0.05, 0.1) is 32.0 Å². The predicted octanol–water partition coefficient (Wildman–Crippen LogP) is 6.89. The van der Waals surface area contributed by atoms with Crippen LogP contribution in [0.15, 0.2) is 115 Å². The van der Waals surface area contributed by atoms with Crippen molar-refractivity contribution in [3.05, 3.63) is 138 Å². The number of nitrogens with zero attached hydrogens (tertiary/aromatic N) is 2. The number of hydrogen-bond acceptors (Lipinski definition) is 5. The van der Waals surface area contributed by atoms with E-state index in [1.807, 2.05) is 18.2 Å². The number of hydrogen-bond donors (Lipinski definition) is 0. The quantitative estimate of drug-likeness (QED) is 0.183. The highest BCUT2D eigenvalue weighted by Gasteiger charge is 2.40. The second-order valence-electron chi connectivity index (χ2n) is 12.0. The van der Waals surface area contributed by atoms with Gasteiger partial charge < -0.3 is 19.1 Å². The zero-order valence-corrected chi connectivity index (χ0v) is 25.3. The lowest BCUT2D eigenvalue weighted by Gasteiger charge is -2.44. The second-order valence-corrected chi connectivity index (χ2v) is 12.0. The van der Waals surface area contributed by atoms with Crippen LogP contribution in [0, 0.1) is 12.8 Å². The monoisotopic (exact) mass is 576 g/mol. The number of benzene rings is 4. The standard InChI is InChI=1S/C38H44N2O3/c1-30-13-11-12-20-35(30)40-22-21-34(24-40)23-39-25-36(41-27-31-14-5-2-6-15-31)38(43-29-33-18-9-4-10-19-33)37(26-39)42-28-32-16-7-3-8-17-32/h2-20,34,36-38H,21-29H2,1H3/t34-,36?,37?,38?/m1/s1. The molecule has 0 radical (unpaired) electrons. The SMILES string of the molecule is Cc1ccccc1N1CC[C@H](CN2CC(OCc3ccccc3)C(OCc3ccccc3)C(OCc3ccccc3)C2)C1. The lowest BCUT2D eigenvalue weighted by atomic mass is 9.98. The Morgan fingerprint density at radius 3 is 1.60 bits per heavy atom. The maximum atomic E-state index is 6.70. The van der Waals surface area contributed by atoms with Crippen molar-refractivity contribution in [1.82, 2.24) is 4.90 Å². The Labute approximate surface area is 257 Å². The third kappa shape index (κ3) is 8.12. The van der Waals surface area contributed by atoms with Crippen LogP contribution in [0.25, 0.3) is 0 Å². The molecule has 224 valence electrons. The summed E-state index contributed by atoms with van der Waals surface area (Å²) in [5.74, 6) is 0.603. The Morgan fingerprint density at radius 1 is 0.581 bits per heavy atom. The highest BCUT2D eigenvalue weighted by molar-refractivity contribution is 5.53. The van der Waals surface area contributed by atoms with Crippen LogP contribution in [0.5, 0.6) is 0 Å². The van der Waals surface area contributed by atoms with Crippen molar-refractivity contribution in [2.75, 3.05) is 37.6 Å². The number of piperidine rings is 1. The zero-order chi connectivity index (χ0) is 29.3. The van der Waals surface area contributed by atoms with Crippen molar-refractivity contribution < 1.29 is 14.2 Å². The maximum absolute atomic E-state index is 6.70. The van der Waals surface area contributed by atoms with Gasteiger partial charge in [-0.2, -0.15) is 0 Å². The molecule has 5 nitrogen and oxygen atoms in total. The van der Waals surface area contributed by atoms with Crippen molar-refractivity contribution >= 4 is 5.69 Å². The third-order valence-electron chi connectivity index (χ3n) is 8.77. The average Bonchev–Trinajstić information content (AvgIpc) is 3.52. The van der Waals surface area contributed by atoms with Gasteiger partial charge in [-0.3, -0.25) is 4.90 Å². The van der Waals surface area contributed by atoms with Gasteiger partial charge in [0.25, 0.3) is 0 Å². The highest BCUT2D eigenvalue weighted by Crippen LogP contribution is 2.29. The van der Waals surface area contributed by atoms with E-state index in [9.17, 15) is 0 Å². The molecule has 2 aliphatic heterocycles. The summed E-state index contributed by atoms with van der Waals surface area (Å²) in [5, 5.41) is 0. The van der Waals surface area contributed by atoms with Crippen LogP contribution >= 0.6 is 0 Å². The van der Waals surface area contributed by atoms with Crippen LogP contribution in [0.3, 0.4) is 0 Å². The van der Waals surface area contributed by atoms with Crippen molar-refractivity contribution in [3.8, 4) is 0 Å². The molecule has 3 atom stereocenters. The Balaban J connectivity index is 1.18. The van der Waals surface area contributed by atoms with Gasteiger partial charge in [-0.1, -0.05) is 109 Å². The largest absolute Gasteiger partial charge is 0.371 e. The highest BCUT2D eigenvalue weighted by atomic mass is 16.6. The average molecular weight is 577 g/mol. The van der Waals surface area contributed by atoms with Gasteiger partial charge in [0.2, 0.25) is 0 Å². The Bertz CT molecular complexity index is 1330. The summed E-state index contributed by atoms with van der Waals surface area (Å²) in [6, 6.07) is 40.1. The van der Waals surface area contributed by atoms with Crippen LogP contribution in [-0.2, 0) is 34.0 Å². The molecule has 0 spiro atoms. The minimum Gasteiger partial charge on any atom is -0.371 e. The molecule has 0 N–H and O–H groups in total. The lowest BCUT2D eigenvalue weighted by Crippen LogP contribution is -2.58. The molecule has 0 saturated carbocycles. The van der Waals surface area contributed by atoms with Crippen molar-refractivity contribution in [2.45, 2.75) is 51.5 Å². The van der Waals surface area contributed by atoms with Crippen molar-refractivity contribution in [1.29, 1.82) is 0 Å². The van der Waals surface area contributed by atoms with E-state index < -0.39 is 0 Å². The van der Waals surface area contributed by atoms with E-state index in [1.165, 1.54) is 28.8 Å². The molecule has 6 rings (SSSR count). The predicted molar refractivity (Wildman–Crippen MR) is 173 cm³/mol. The fourth-order valence-corrected chi connectivity index (χ4v) is 6.50. The first-order chi connectivity index (χ1) is 21.2. The Hall–Kier alpha value is -3.48. The van der Waals surface area contributed by atoms with E-state index >= 15 is 0 Å². The summed E-state index contributed by atoms with van der Waals surface area (Å²) < 4.78 is 20.1. The summed E-state index contributed by atoms with van der Waals surface area (Å²) >= 11 is 0. The number of aryl methyl sites for hydroxylation is 1. The van der Waals surface area contributed by atoms with Gasteiger partial charge in [-0.05, 0) is 47.6 Å². The minimum atomic E-state index is -0.170. The van der Waals surface area contributed by atoms with Crippen LogP contribution in [-0.4, -0.2) is 55.9 Å². The molecule has 0 aliphatic carbocycles. The van der Waals surface area contributed by atoms with E-state index in [-0.39, 0.29) is 18.3 Å². The lowest BCUT2D eigenvalue weighted by molar-refractivity contribution is -0.185. The van der Waals surface area contributed by atoms with Gasteiger partial charge in [0.1, 0.15) is 6.10 Å². The number of ether oxygens (including phenoxy) is 3. The summed E-state index contributed by atoms with van der Waals surface area (Å²) in [5.41, 5.74) is 6.23. The normalized spacial score (nSPS) is 22.6. The number of likely N-dealkylation sites (tertiary alicyclic amines) is 1. The molecule has 2 fully saturated rings. The number of rotatable bonds is 12. The first kappa shape index (κ1) is 29.6. The van der Waals surface area contributed by atoms with E-state index in [4.69, 9.17) is 14.2 Å². The summed E-state index contributed by atoms with van der Waals surface area (Å²) in [6.45, 7) is 8.75. The smallest absolute Gasteiger partial charge is 0.113 e. The molecule has 2 heterocycles. The topological polar surface area (TPSA) is 34.2 Å². The van der Waals surface area contributed by atoms with E-state index in [0.29, 0.717) is 25.7 Å².